The van der Waals surface area contributed by atoms with E-state index in [9.17, 15) is 19.5 Å². The highest BCUT2D eigenvalue weighted by Gasteiger charge is 2.31. The lowest BCUT2D eigenvalue weighted by Gasteiger charge is -2.36. The summed E-state index contributed by atoms with van der Waals surface area (Å²) in [6.45, 7) is 15.5. The molecule has 0 bridgehead atoms. The molecule has 0 heterocycles. The van der Waals surface area contributed by atoms with E-state index in [0.29, 0.717) is 18.9 Å². The van der Waals surface area contributed by atoms with Crippen LogP contribution in [0.2, 0.25) is 0 Å². The van der Waals surface area contributed by atoms with Crippen LogP contribution in [0.15, 0.2) is 30.3 Å². The van der Waals surface area contributed by atoms with Crippen molar-refractivity contribution >= 4 is 17.8 Å². The van der Waals surface area contributed by atoms with Gasteiger partial charge in [0.2, 0.25) is 11.8 Å². The molecule has 5 N–H and O–H groups in total. The lowest BCUT2D eigenvalue weighted by Crippen LogP contribution is -2.57. The standard InChI is InChI=1S/C28H49N5O4/c1-20(2)14-15-32(26(37)31-27(3,4)5)18-23(34)22(16-21-12-10-9-11-13-21)30-24(35)19-33(25(36)17-29)28(6,7)8/h9-13,20,22-23,34H,14-19,29H2,1-8H3,(H,30,35)(H,31,37)/t22-,23+/m0/s1. The summed E-state index contributed by atoms with van der Waals surface area (Å²) in [5.74, 6) is -0.350. The van der Waals surface area contributed by atoms with Crippen LogP contribution in [0.25, 0.3) is 0 Å². The average Bonchev–Trinajstić information content (AvgIpc) is 2.77. The molecule has 1 aromatic rings. The molecule has 0 aliphatic heterocycles. The van der Waals surface area contributed by atoms with Crippen LogP contribution in [0.5, 0.6) is 0 Å². The second kappa shape index (κ2) is 14.3. The Labute approximate surface area is 223 Å². The largest absolute Gasteiger partial charge is 0.389 e. The van der Waals surface area contributed by atoms with Gasteiger partial charge in [0.05, 0.1) is 25.2 Å². The Kier molecular flexibility index (Phi) is 12.5. The van der Waals surface area contributed by atoms with E-state index in [2.05, 4.69) is 24.5 Å². The molecule has 210 valence electrons. The van der Waals surface area contributed by atoms with E-state index in [-0.39, 0.29) is 31.6 Å². The zero-order chi connectivity index (χ0) is 28.4. The number of amides is 4. The molecule has 0 saturated carbocycles. The van der Waals surface area contributed by atoms with Gasteiger partial charge in [0.1, 0.15) is 6.54 Å². The Hall–Kier alpha value is -2.65. The van der Waals surface area contributed by atoms with Crippen molar-refractivity contribution in [1.29, 1.82) is 0 Å². The Bertz CT molecular complexity index is 862. The van der Waals surface area contributed by atoms with Crippen LogP contribution in [0, 0.1) is 5.92 Å². The highest BCUT2D eigenvalue weighted by atomic mass is 16.3. The van der Waals surface area contributed by atoms with Gasteiger partial charge < -0.3 is 31.3 Å². The van der Waals surface area contributed by atoms with Crippen molar-refractivity contribution in [2.75, 3.05) is 26.2 Å². The number of nitrogens with zero attached hydrogens (tertiary/aromatic N) is 2. The number of carbonyl (C=O) groups excluding carboxylic acids is 3. The molecule has 0 radical (unpaired) electrons. The van der Waals surface area contributed by atoms with Crippen LogP contribution >= 0.6 is 0 Å². The lowest BCUT2D eigenvalue weighted by atomic mass is 10.00. The van der Waals surface area contributed by atoms with Crippen LogP contribution < -0.4 is 16.4 Å². The summed E-state index contributed by atoms with van der Waals surface area (Å²) in [6.07, 6.45) is 0.115. The number of hydrogen-bond acceptors (Lipinski definition) is 5. The first-order valence-corrected chi connectivity index (χ1v) is 13.1. The van der Waals surface area contributed by atoms with Crippen molar-refractivity contribution in [3.05, 3.63) is 35.9 Å². The number of benzene rings is 1. The monoisotopic (exact) mass is 519 g/mol. The minimum atomic E-state index is -1.03. The molecular weight excluding hydrogens is 470 g/mol. The molecule has 1 aromatic carbocycles. The van der Waals surface area contributed by atoms with Gasteiger partial charge in [-0.25, -0.2) is 4.79 Å². The van der Waals surface area contributed by atoms with Crippen molar-refractivity contribution in [1.82, 2.24) is 20.4 Å². The molecule has 2 atom stereocenters. The summed E-state index contributed by atoms with van der Waals surface area (Å²) < 4.78 is 0. The summed E-state index contributed by atoms with van der Waals surface area (Å²) in [6, 6.07) is 8.61. The van der Waals surface area contributed by atoms with Crippen molar-refractivity contribution in [3.8, 4) is 0 Å². The Morgan fingerprint density at radius 2 is 1.62 bits per heavy atom. The zero-order valence-electron chi connectivity index (χ0n) is 24.0. The van der Waals surface area contributed by atoms with E-state index in [1.165, 1.54) is 4.90 Å². The fourth-order valence-electron chi connectivity index (χ4n) is 3.80. The minimum absolute atomic E-state index is 0.0527. The molecule has 4 amide bonds. The fourth-order valence-corrected chi connectivity index (χ4v) is 3.80. The van der Waals surface area contributed by atoms with Crippen molar-refractivity contribution in [2.24, 2.45) is 11.7 Å². The summed E-state index contributed by atoms with van der Waals surface area (Å²) in [5, 5.41) is 17.2. The van der Waals surface area contributed by atoms with Crippen LogP contribution in [-0.2, 0) is 16.0 Å². The minimum Gasteiger partial charge on any atom is -0.389 e. The Balaban J connectivity index is 3.14. The average molecular weight is 520 g/mol. The third kappa shape index (κ3) is 12.4. The van der Waals surface area contributed by atoms with Crippen molar-refractivity contribution in [3.63, 3.8) is 0 Å². The predicted molar refractivity (Wildman–Crippen MR) is 148 cm³/mol. The molecule has 9 nitrogen and oxygen atoms in total. The molecule has 0 spiro atoms. The summed E-state index contributed by atoms with van der Waals surface area (Å²) >= 11 is 0. The maximum Gasteiger partial charge on any atom is 0.317 e. The van der Waals surface area contributed by atoms with Gasteiger partial charge in [-0.1, -0.05) is 44.2 Å². The SMILES string of the molecule is CC(C)CCN(C[C@@H](O)[C@H](Cc1ccccc1)NC(=O)CN(C(=O)CN)C(C)(C)C)C(=O)NC(C)(C)C. The molecule has 0 saturated heterocycles. The first-order valence-electron chi connectivity index (χ1n) is 13.1. The second-order valence-electron chi connectivity index (χ2n) is 12.1. The third-order valence-corrected chi connectivity index (χ3v) is 5.85. The first kappa shape index (κ1) is 32.4. The molecule has 9 heteroatoms. The van der Waals surface area contributed by atoms with Gasteiger partial charge in [0.25, 0.3) is 0 Å². The number of rotatable bonds is 12. The number of nitrogens with two attached hydrogens (primary N) is 1. The van der Waals surface area contributed by atoms with Crippen LogP contribution in [-0.4, -0.2) is 82.2 Å². The molecule has 0 unspecified atom stereocenters. The van der Waals surface area contributed by atoms with E-state index in [1.54, 1.807) is 4.90 Å². The van der Waals surface area contributed by atoms with Gasteiger partial charge in [-0.05, 0) is 65.9 Å². The van der Waals surface area contributed by atoms with Gasteiger partial charge in [-0.3, -0.25) is 9.59 Å². The summed E-state index contributed by atoms with van der Waals surface area (Å²) in [7, 11) is 0. The van der Waals surface area contributed by atoms with Crippen LogP contribution in [0.1, 0.15) is 67.4 Å². The van der Waals surface area contributed by atoms with Gasteiger partial charge >= 0.3 is 6.03 Å². The maximum atomic E-state index is 13.1. The number of urea groups is 1. The topological polar surface area (TPSA) is 128 Å². The molecule has 0 aromatic heterocycles. The molecule has 1 rings (SSSR count). The van der Waals surface area contributed by atoms with Gasteiger partial charge in [0, 0.05) is 17.6 Å². The summed E-state index contributed by atoms with van der Waals surface area (Å²) in [4.78, 5) is 41.6. The number of nitrogens with one attached hydrogen (secondary N) is 2. The predicted octanol–water partition coefficient (Wildman–Crippen LogP) is 2.52. The highest BCUT2D eigenvalue weighted by molar-refractivity contribution is 5.86. The molecule has 0 fully saturated rings. The highest BCUT2D eigenvalue weighted by Crippen LogP contribution is 2.14. The van der Waals surface area contributed by atoms with E-state index in [0.717, 1.165) is 12.0 Å². The number of aliphatic hydroxyl groups excluding tert-OH is 1. The molecule has 0 aliphatic rings. The van der Waals surface area contributed by atoms with Crippen molar-refractivity contribution in [2.45, 2.75) is 91.5 Å². The van der Waals surface area contributed by atoms with Gasteiger partial charge in [-0.2, -0.15) is 0 Å². The number of hydrogen-bond donors (Lipinski definition) is 4. The number of carbonyl (C=O) groups is 3. The van der Waals surface area contributed by atoms with Crippen LogP contribution in [0.3, 0.4) is 0 Å². The normalized spacial score (nSPS) is 13.6. The second-order valence-corrected chi connectivity index (χ2v) is 12.1. The molecule has 37 heavy (non-hydrogen) atoms. The first-order chi connectivity index (χ1) is 17.0. The van der Waals surface area contributed by atoms with E-state index >= 15 is 0 Å². The summed E-state index contributed by atoms with van der Waals surface area (Å²) in [5.41, 5.74) is 5.48. The molecular formula is C28H49N5O4. The van der Waals surface area contributed by atoms with Gasteiger partial charge in [-0.15, -0.1) is 0 Å². The quantitative estimate of drug-likeness (QED) is 0.337. The molecule has 0 aliphatic carbocycles. The Morgan fingerprint density at radius 3 is 2.11 bits per heavy atom. The van der Waals surface area contributed by atoms with Crippen LogP contribution in [0.4, 0.5) is 4.79 Å². The zero-order valence-corrected chi connectivity index (χ0v) is 24.0. The smallest absolute Gasteiger partial charge is 0.317 e. The fraction of sp³-hybridized carbons (Fsp3) is 0.679. The van der Waals surface area contributed by atoms with E-state index in [4.69, 9.17) is 5.73 Å². The van der Waals surface area contributed by atoms with E-state index < -0.39 is 29.1 Å². The van der Waals surface area contributed by atoms with E-state index in [1.807, 2.05) is 71.9 Å². The number of aliphatic hydroxyl groups is 1. The Morgan fingerprint density at radius 1 is 1.03 bits per heavy atom. The maximum absolute atomic E-state index is 13.1. The van der Waals surface area contributed by atoms with Crippen molar-refractivity contribution < 1.29 is 19.5 Å². The third-order valence-electron chi connectivity index (χ3n) is 5.85. The lowest BCUT2D eigenvalue weighted by molar-refractivity contribution is -0.140. The van der Waals surface area contributed by atoms with Gasteiger partial charge in [0.15, 0.2) is 0 Å².